The van der Waals surface area contributed by atoms with Crippen LogP contribution < -0.4 is 5.32 Å². The molecule has 1 saturated carbocycles. The molecule has 3 N–H and O–H groups in total. The Morgan fingerprint density at radius 3 is 2.74 bits per heavy atom. The first kappa shape index (κ1) is 13.6. The second kappa shape index (κ2) is 5.91. The lowest BCUT2D eigenvalue weighted by atomic mass is 9.95. The van der Waals surface area contributed by atoms with E-state index in [1.165, 1.54) is 0 Å². The monoisotopic (exact) mass is 264 g/mol. The van der Waals surface area contributed by atoms with Gasteiger partial charge < -0.3 is 15.4 Å². The Bertz CT molecular complexity index is 442. The van der Waals surface area contributed by atoms with Gasteiger partial charge >= 0.3 is 5.97 Å². The summed E-state index contributed by atoms with van der Waals surface area (Å²) in [5, 5.41) is 12.0. The van der Waals surface area contributed by atoms with Crippen LogP contribution in [0.4, 0.5) is 0 Å². The van der Waals surface area contributed by atoms with Crippen LogP contribution in [0.5, 0.6) is 0 Å². The Balaban J connectivity index is 1.94. The first-order valence-corrected chi connectivity index (χ1v) is 6.74. The van der Waals surface area contributed by atoms with Crippen molar-refractivity contribution in [2.45, 2.75) is 32.7 Å². The van der Waals surface area contributed by atoms with Crippen molar-refractivity contribution in [1.29, 1.82) is 0 Å². The molecule has 104 valence electrons. The van der Waals surface area contributed by atoms with E-state index in [0.717, 1.165) is 12.0 Å². The van der Waals surface area contributed by atoms with Crippen molar-refractivity contribution in [3.63, 3.8) is 0 Å². The van der Waals surface area contributed by atoms with Gasteiger partial charge in [0, 0.05) is 18.9 Å². The molecule has 0 aromatic carbocycles. The van der Waals surface area contributed by atoms with Crippen LogP contribution in [0.1, 0.15) is 31.7 Å². The molecular formula is C14H20N2O3. The van der Waals surface area contributed by atoms with Crippen molar-refractivity contribution in [3.8, 4) is 0 Å². The summed E-state index contributed by atoms with van der Waals surface area (Å²) >= 11 is 0. The molecule has 0 saturated heterocycles. The van der Waals surface area contributed by atoms with Crippen LogP contribution in [-0.2, 0) is 16.1 Å². The zero-order chi connectivity index (χ0) is 13.8. The first-order valence-electron chi connectivity index (χ1n) is 6.74. The molecule has 5 heteroatoms. The number of carboxylic acids is 1. The summed E-state index contributed by atoms with van der Waals surface area (Å²) in [4.78, 5) is 26.3. The maximum absolute atomic E-state index is 12.1. The molecular weight excluding hydrogens is 244 g/mol. The summed E-state index contributed by atoms with van der Waals surface area (Å²) in [7, 11) is 0. The molecule has 1 aromatic heterocycles. The van der Waals surface area contributed by atoms with E-state index in [-0.39, 0.29) is 11.8 Å². The highest BCUT2D eigenvalue weighted by atomic mass is 16.4. The summed E-state index contributed by atoms with van der Waals surface area (Å²) in [5.41, 5.74) is 0.991. The van der Waals surface area contributed by atoms with Crippen molar-refractivity contribution in [3.05, 3.63) is 24.0 Å². The number of rotatable bonds is 5. The van der Waals surface area contributed by atoms with Crippen molar-refractivity contribution in [2.75, 3.05) is 0 Å². The van der Waals surface area contributed by atoms with Crippen LogP contribution in [0.15, 0.2) is 18.5 Å². The third kappa shape index (κ3) is 3.16. The number of hydrogen-bond donors (Lipinski definition) is 3. The van der Waals surface area contributed by atoms with Gasteiger partial charge in [-0.15, -0.1) is 0 Å². The maximum Gasteiger partial charge on any atom is 0.307 e. The highest BCUT2D eigenvalue weighted by molar-refractivity contribution is 5.85. The molecule has 19 heavy (non-hydrogen) atoms. The molecule has 5 nitrogen and oxygen atoms in total. The van der Waals surface area contributed by atoms with Crippen molar-refractivity contribution >= 4 is 11.9 Å². The highest BCUT2D eigenvalue weighted by Gasteiger charge is 2.41. The molecule has 1 aromatic rings. The number of aliphatic carboxylic acids is 1. The van der Waals surface area contributed by atoms with Crippen molar-refractivity contribution < 1.29 is 14.7 Å². The largest absolute Gasteiger partial charge is 0.481 e. The number of nitrogens with one attached hydrogen (secondary N) is 2. The minimum Gasteiger partial charge on any atom is -0.481 e. The molecule has 0 aliphatic heterocycles. The summed E-state index contributed by atoms with van der Waals surface area (Å²) < 4.78 is 0. The Morgan fingerprint density at radius 1 is 1.42 bits per heavy atom. The summed E-state index contributed by atoms with van der Waals surface area (Å²) in [6.45, 7) is 2.49. The molecule has 1 heterocycles. The number of aromatic amines is 1. The van der Waals surface area contributed by atoms with E-state index >= 15 is 0 Å². The normalized spacial score (nSPS) is 26.3. The van der Waals surface area contributed by atoms with E-state index in [1.54, 1.807) is 6.20 Å². The van der Waals surface area contributed by atoms with Gasteiger partial charge in [-0.3, -0.25) is 9.59 Å². The Morgan fingerprint density at radius 2 is 2.16 bits per heavy atom. The molecule has 0 spiro atoms. The number of H-pyrrole nitrogens is 1. The van der Waals surface area contributed by atoms with E-state index in [9.17, 15) is 14.7 Å². The lowest BCUT2D eigenvalue weighted by Gasteiger charge is -2.15. The minimum absolute atomic E-state index is 0.135. The fourth-order valence-corrected chi connectivity index (χ4v) is 2.83. The van der Waals surface area contributed by atoms with Crippen LogP contribution in [0, 0.1) is 17.8 Å². The van der Waals surface area contributed by atoms with Gasteiger partial charge in [-0.2, -0.15) is 0 Å². The molecule has 1 fully saturated rings. The van der Waals surface area contributed by atoms with Crippen LogP contribution in [0.25, 0.3) is 0 Å². The predicted molar refractivity (Wildman–Crippen MR) is 70.3 cm³/mol. The van der Waals surface area contributed by atoms with Crippen LogP contribution in [0.2, 0.25) is 0 Å². The zero-order valence-corrected chi connectivity index (χ0v) is 11.1. The topological polar surface area (TPSA) is 82.2 Å². The Hall–Kier alpha value is -1.78. The summed E-state index contributed by atoms with van der Waals surface area (Å²) in [5.74, 6) is -1.55. The number of carboxylic acid groups (broad SMARTS) is 1. The van der Waals surface area contributed by atoms with E-state index in [4.69, 9.17) is 0 Å². The van der Waals surface area contributed by atoms with Gasteiger partial charge in [-0.05, 0) is 30.4 Å². The van der Waals surface area contributed by atoms with Gasteiger partial charge in [0.2, 0.25) is 5.91 Å². The fourth-order valence-electron chi connectivity index (χ4n) is 2.83. The SMILES string of the molecule is CCC1C[C@H](C(=O)NCc2cc[nH]c2)[C@H](C(=O)O)C1. The Labute approximate surface area is 112 Å². The van der Waals surface area contributed by atoms with E-state index in [2.05, 4.69) is 10.3 Å². The molecule has 3 atom stereocenters. The molecule has 0 radical (unpaired) electrons. The van der Waals surface area contributed by atoms with Gasteiger partial charge in [0.05, 0.1) is 11.8 Å². The number of aromatic nitrogens is 1. The lowest BCUT2D eigenvalue weighted by molar-refractivity contribution is -0.146. The van der Waals surface area contributed by atoms with Gasteiger partial charge in [-0.1, -0.05) is 13.3 Å². The quantitative estimate of drug-likeness (QED) is 0.758. The minimum atomic E-state index is -0.849. The predicted octanol–water partition coefficient (Wildman–Crippen LogP) is 1.77. The maximum atomic E-state index is 12.1. The second-order valence-electron chi connectivity index (χ2n) is 5.23. The van der Waals surface area contributed by atoms with E-state index in [1.807, 2.05) is 19.2 Å². The van der Waals surface area contributed by atoms with Crippen molar-refractivity contribution in [2.24, 2.45) is 17.8 Å². The number of hydrogen-bond acceptors (Lipinski definition) is 2. The smallest absolute Gasteiger partial charge is 0.307 e. The van der Waals surface area contributed by atoms with Gasteiger partial charge in [-0.25, -0.2) is 0 Å². The third-order valence-corrected chi connectivity index (χ3v) is 4.02. The van der Waals surface area contributed by atoms with Crippen LogP contribution in [0.3, 0.4) is 0 Å². The first-order chi connectivity index (χ1) is 9.11. The molecule has 1 amide bonds. The molecule has 0 bridgehead atoms. The van der Waals surface area contributed by atoms with Crippen LogP contribution >= 0.6 is 0 Å². The van der Waals surface area contributed by atoms with Gasteiger partial charge in [0.25, 0.3) is 0 Å². The Kier molecular flexibility index (Phi) is 4.24. The third-order valence-electron chi connectivity index (χ3n) is 4.02. The lowest BCUT2D eigenvalue weighted by Crippen LogP contribution is -2.34. The van der Waals surface area contributed by atoms with Crippen molar-refractivity contribution in [1.82, 2.24) is 10.3 Å². The average Bonchev–Trinajstić information content (AvgIpc) is 3.04. The summed E-state index contributed by atoms with van der Waals surface area (Å²) in [6.07, 6.45) is 5.86. The van der Waals surface area contributed by atoms with E-state index in [0.29, 0.717) is 25.3 Å². The average molecular weight is 264 g/mol. The van der Waals surface area contributed by atoms with E-state index < -0.39 is 11.9 Å². The second-order valence-corrected chi connectivity index (χ2v) is 5.23. The molecule has 1 aliphatic carbocycles. The fraction of sp³-hybridized carbons (Fsp3) is 0.571. The number of amides is 1. The highest BCUT2D eigenvalue weighted by Crippen LogP contribution is 2.38. The number of carbonyl (C=O) groups is 2. The standard InChI is InChI=1S/C14H20N2O3/c1-2-9-5-11(12(6-9)14(18)19)13(17)16-8-10-3-4-15-7-10/h3-4,7,9,11-12,15H,2,5-6,8H2,1H3,(H,16,17)(H,18,19)/t9?,11-,12+/m0/s1. The zero-order valence-electron chi connectivity index (χ0n) is 11.1. The summed E-state index contributed by atoms with van der Waals surface area (Å²) in [6, 6.07) is 1.89. The van der Waals surface area contributed by atoms with Crippen LogP contribution in [-0.4, -0.2) is 22.0 Å². The molecule has 2 rings (SSSR count). The van der Waals surface area contributed by atoms with Gasteiger partial charge in [0.15, 0.2) is 0 Å². The number of carbonyl (C=O) groups excluding carboxylic acids is 1. The van der Waals surface area contributed by atoms with Gasteiger partial charge in [0.1, 0.15) is 0 Å². The molecule has 1 aliphatic rings. The molecule has 1 unspecified atom stereocenters.